The molecule has 0 saturated heterocycles. The lowest BCUT2D eigenvalue weighted by Crippen LogP contribution is -1.89. The fraction of sp³-hybridized carbons (Fsp3) is 0.600. The molecule has 0 aliphatic carbocycles. The maximum absolute atomic E-state index is 3.29. The summed E-state index contributed by atoms with van der Waals surface area (Å²) in [7, 11) is 0. The number of unbranched alkanes of at least 4 members (excludes halogenated alkanes) is 1. The molecule has 1 rings (SSSR count). The molecule has 1 N–H and O–H groups in total. The van der Waals surface area contributed by atoms with Gasteiger partial charge in [0.15, 0.2) is 0 Å². The van der Waals surface area contributed by atoms with E-state index in [1.807, 2.05) is 6.20 Å². The monoisotopic (exact) mass is 151 g/mol. The van der Waals surface area contributed by atoms with E-state index in [-0.39, 0.29) is 0 Å². The van der Waals surface area contributed by atoms with Crippen molar-refractivity contribution in [2.75, 3.05) is 0 Å². The first-order valence-electron chi connectivity index (χ1n) is 4.53. The van der Waals surface area contributed by atoms with Crippen molar-refractivity contribution in [3.63, 3.8) is 0 Å². The summed E-state index contributed by atoms with van der Waals surface area (Å²) < 4.78 is 0. The van der Waals surface area contributed by atoms with Gasteiger partial charge in [-0.3, -0.25) is 0 Å². The first kappa shape index (κ1) is 8.38. The van der Waals surface area contributed by atoms with E-state index < -0.39 is 0 Å². The van der Waals surface area contributed by atoms with Crippen molar-refractivity contribution < 1.29 is 0 Å². The highest BCUT2D eigenvalue weighted by molar-refractivity contribution is 5.20. The molecule has 0 fully saturated rings. The Hall–Kier alpha value is -0.720. The SMILES string of the molecule is CCCCc1[nH]ccc1CC. The minimum absolute atomic E-state index is 1.16. The van der Waals surface area contributed by atoms with Gasteiger partial charge in [-0.15, -0.1) is 0 Å². The summed E-state index contributed by atoms with van der Waals surface area (Å²) in [5.74, 6) is 0. The average Bonchev–Trinajstić information content (AvgIpc) is 2.47. The molecule has 1 nitrogen and oxygen atoms in total. The van der Waals surface area contributed by atoms with Crippen molar-refractivity contribution >= 4 is 0 Å². The van der Waals surface area contributed by atoms with E-state index in [4.69, 9.17) is 0 Å². The molecule has 0 aliphatic rings. The molecular weight excluding hydrogens is 134 g/mol. The molecule has 0 radical (unpaired) electrons. The first-order chi connectivity index (χ1) is 5.38. The topological polar surface area (TPSA) is 15.8 Å². The second-order valence-corrected chi connectivity index (χ2v) is 2.94. The fourth-order valence-electron chi connectivity index (χ4n) is 1.35. The smallest absolute Gasteiger partial charge is 0.0179 e. The third kappa shape index (κ3) is 2.11. The van der Waals surface area contributed by atoms with Crippen molar-refractivity contribution in [3.8, 4) is 0 Å². The van der Waals surface area contributed by atoms with E-state index in [1.165, 1.54) is 30.5 Å². The molecule has 1 heterocycles. The molecule has 62 valence electrons. The van der Waals surface area contributed by atoms with E-state index in [0.717, 1.165) is 6.42 Å². The molecule has 1 aromatic heterocycles. The number of nitrogens with one attached hydrogen (secondary N) is 1. The number of H-pyrrole nitrogens is 1. The Morgan fingerprint density at radius 3 is 2.82 bits per heavy atom. The van der Waals surface area contributed by atoms with E-state index in [1.54, 1.807) is 0 Å². The minimum atomic E-state index is 1.16. The largest absolute Gasteiger partial charge is 0.365 e. The predicted molar refractivity (Wildman–Crippen MR) is 48.8 cm³/mol. The summed E-state index contributed by atoms with van der Waals surface area (Å²) in [5.41, 5.74) is 2.92. The molecule has 0 saturated carbocycles. The summed E-state index contributed by atoms with van der Waals surface area (Å²) in [6.45, 7) is 4.44. The molecule has 0 spiro atoms. The molecule has 0 atom stereocenters. The van der Waals surface area contributed by atoms with Crippen molar-refractivity contribution in [3.05, 3.63) is 23.5 Å². The Labute approximate surface area is 68.8 Å². The van der Waals surface area contributed by atoms with Crippen molar-refractivity contribution in [2.45, 2.75) is 39.5 Å². The van der Waals surface area contributed by atoms with Crippen LogP contribution in [0.2, 0.25) is 0 Å². The highest BCUT2D eigenvalue weighted by Gasteiger charge is 1.99. The molecule has 1 aromatic rings. The first-order valence-corrected chi connectivity index (χ1v) is 4.53. The number of aryl methyl sites for hydroxylation is 2. The normalized spacial score (nSPS) is 10.4. The summed E-state index contributed by atoms with van der Waals surface area (Å²) in [5, 5.41) is 0. The predicted octanol–water partition coefficient (Wildman–Crippen LogP) is 2.92. The lowest BCUT2D eigenvalue weighted by atomic mass is 10.1. The van der Waals surface area contributed by atoms with Gasteiger partial charge < -0.3 is 4.98 Å². The summed E-state index contributed by atoms with van der Waals surface area (Å²) >= 11 is 0. The van der Waals surface area contributed by atoms with Gasteiger partial charge in [-0.2, -0.15) is 0 Å². The van der Waals surface area contributed by atoms with Gasteiger partial charge in [0, 0.05) is 11.9 Å². The maximum Gasteiger partial charge on any atom is 0.0179 e. The third-order valence-corrected chi connectivity index (χ3v) is 2.09. The van der Waals surface area contributed by atoms with Crippen LogP contribution in [0.4, 0.5) is 0 Å². The minimum Gasteiger partial charge on any atom is -0.365 e. The van der Waals surface area contributed by atoms with E-state index in [2.05, 4.69) is 24.9 Å². The number of hydrogen-bond donors (Lipinski definition) is 1. The van der Waals surface area contributed by atoms with Crippen LogP contribution in [0.25, 0.3) is 0 Å². The molecule has 0 unspecified atom stereocenters. The summed E-state index contributed by atoms with van der Waals surface area (Å²) in [4.78, 5) is 3.29. The number of hydrogen-bond acceptors (Lipinski definition) is 0. The Bertz CT molecular complexity index is 200. The van der Waals surface area contributed by atoms with Gasteiger partial charge >= 0.3 is 0 Å². The highest BCUT2D eigenvalue weighted by atomic mass is 14.7. The van der Waals surface area contributed by atoms with Crippen LogP contribution in [-0.2, 0) is 12.8 Å². The van der Waals surface area contributed by atoms with Crippen LogP contribution in [0.5, 0.6) is 0 Å². The molecule has 0 aliphatic heterocycles. The Kier molecular flexibility index (Phi) is 3.21. The van der Waals surface area contributed by atoms with Gasteiger partial charge in [0.25, 0.3) is 0 Å². The maximum atomic E-state index is 3.29. The molecule has 0 aromatic carbocycles. The van der Waals surface area contributed by atoms with Gasteiger partial charge in [0.05, 0.1) is 0 Å². The zero-order valence-electron chi connectivity index (χ0n) is 7.48. The van der Waals surface area contributed by atoms with E-state index in [9.17, 15) is 0 Å². The number of aromatic nitrogens is 1. The fourth-order valence-corrected chi connectivity index (χ4v) is 1.35. The average molecular weight is 151 g/mol. The third-order valence-electron chi connectivity index (χ3n) is 2.09. The zero-order chi connectivity index (χ0) is 8.10. The van der Waals surface area contributed by atoms with Crippen LogP contribution in [0.1, 0.15) is 37.9 Å². The number of aromatic amines is 1. The van der Waals surface area contributed by atoms with Crippen LogP contribution in [-0.4, -0.2) is 4.98 Å². The lowest BCUT2D eigenvalue weighted by Gasteiger charge is -1.99. The standard InChI is InChI=1S/C10H17N/c1-3-5-6-10-9(4-2)7-8-11-10/h7-8,11H,3-6H2,1-2H3. The quantitative estimate of drug-likeness (QED) is 0.681. The number of rotatable bonds is 4. The van der Waals surface area contributed by atoms with Crippen LogP contribution < -0.4 is 0 Å². The highest BCUT2D eigenvalue weighted by Crippen LogP contribution is 2.10. The van der Waals surface area contributed by atoms with Gasteiger partial charge in [-0.05, 0) is 30.9 Å². The van der Waals surface area contributed by atoms with Crippen molar-refractivity contribution in [1.29, 1.82) is 0 Å². The van der Waals surface area contributed by atoms with Crippen LogP contribution >= 0.6 is 0 Å². The molecule has 0 bridgehead atoms. The summed E-state index contributed by atoms with van der Waals surface area (Å²) in [6, 6.07) is 2.19. The van der Waals surface area contributed by atoms with E-state index in [0.29, 0.717) is 0 Å². The van der Waals surface area contributed by atoms with E-state index >= 15 is 0 Å². The van der Waals surface area contributed by atoms with Gasteiger partial charge in [0.2, 0.25) is 0 Å². The van der Waals surface area contributed by atoms with Crippen LogP contribution in [0.3, 0.4) is 0 Å². The van der Waals surface area contributed by atoms with Gasteiger partial charge in [-0.1, -0.05) is 20.3 Å². The molecule has 1 heteroatoms. The van der Waals surface area contributed by atoms with Crippen LogP contribution in [0.15, 0.2) is 12.3 Å². The lowest BCUT2D eigenvalue weighted by molar-refractivity contribution is 0.773. The Balaban J connectivity index is 2.54. The second kappa shape index (κ2) is 4.22. The molecule has 0 amide bonds. The Morgan fingerprint density at radius 1 is 1.36 bits per heavy atom. The Morgan fingerprint density at radius 2 is 2.18 bits per heavy atom. The zero-order valence-corrected chi connectivity index (χ0v) is 7.48. The van der Waals surface area contributed by atoms with Crippen LogP contribution in [0, 0.1) is 0 Å². The van der Waals surface area contributed by atoms with Gasteiger partial charge in [0.1, 0.15) is 0 Å². The van der Waals surface area contributed by atoms with Crippen molar-refractivity contribution in [1.82, 2.24) is 4.98 Å². The molecular formula is C10H17N. The van der Waals surface area contributed by atoms with Crippen molar-refractivity contribution in [2.24, 2.45) is 0 Å². The van der Waals surface area contributed by atoms with Gasteiger partial charge in [-0.25, -0.2) is 0 Å². The molecule has 11 heavy (non-hydrogen) atoms. The second-order valence-electron chi connectivity index (χ2n) is 2.94. The summed E-state index contributed by atoms with van der Waals surface area (Å²) in [6.07, 6.45) is 6.99.